The minimum Gasteiger partial charge on any atom is -0.468 e. The maximum Gasteiger partial charge on any atom is 0.407 e. The molecule has 0 aromatic rings. The Balaban J connectivity index is 3.31. The zero-order valence-corrected chi connectivity index (χ0v) is 13.1. The molecule has 0 atom stereocenters. The summed E-state index contributed by atoms with van der Waals surface area (Å²) >= 11 is 0. The van der Waals surface area contributed by atoms with Gasteiger partial charge >= 0.3 is 12.1 Å². The maximum absolute atomic E-state index is 11.3. The highest BCUT2D eigenvalue weighted by atomic mass is 16.6. The van der Waals surface area contributed by atoms with E-state index in [0.29, 0.717) is 25.3 Å². The van der Waals surface area contributed by atoms with Crippen molar-refractivity contribution in [2.75, 3.05) is 26.4 Å². The van der Waals surface area contributed by atoms with Crippen LogP contribution in [0, 0.1) is 0 Å². The van der Waals surface area contributed by atoms with Gasteiger partial charge in [-0.1, -0.05) is 25.8 Å². The van der Waals surface area contributed by atoms with Gasteiger partial charge in [0.1, 0.15) is 6.61 Å². The Morgan fingerprint density at radius 1 is 1.00 bits per heavy atom. The molecule has 0 heterocycles. The number of rotatable bonds is 13. The van der Waals surface area contributed by atoms with Crippen molar-refractivity contribution in [2.24, 2.45) is 0 Å². The molecule has 126 valence electrons. The van der Waals surface area contributed by atoms with Crippen molar-refractivity contribution in [3.05, 3.63) is 12.2 Å². The van der Waals surface area contributed by atoms with E-state index in [2.05, 4.69) is 16.6 Å². The van der Waals surface area contributed by atoms with Crippen molar-refractivity contribution < 1.29 is 28.6 Å². The van der Waals surface area contributed by atoms with Crippen molar-refractivity contribution >= 4 is 18.5 Å². The van der Waals surface area contributed by atoms with Gasteiger partial charge in [-0.05, 0) is 19.8 Å². The van der Waals surface area contributed by atoms with Crippen LogP contribution in [0.5, 0.6) is 0 Å². The molecule has 0 unspecified atom stereocenters. The first kappa shape index (κ1) is 19.9. The molecule has 7 heteroatoms. The second kappa shape index (κ2) is 13.9. The maximum atomic E-state index is 11.3. The van der Waals surface area contributed by atoms with Crippen LogP contribution in [0.3, 0.4) is 0 Å². The largest absolute Gasteiger partial charge is 0.468 e. The zero-order chi connectivity index (χ0) is 16.6. The quantitative estimate of drug-likeness (QED) is 0.184. The summed E-state index contributed by atoms with van der Waals surface area (Å²) in [7, 11) is 0. The van der Waals surface area contributed by atoms with Gasteiger partial charge in [-0.3, -0.25) is 4.79 Å². The third-order valence-electron chi connectivity index (χ3n) is 2.66. The second-order valence-corrected chi connectivity index (χ2v) is 4.71. The Hall–Kier alpha value is -2.05. The molecule has 0 saturated carbocycles. The molecule has 0 saturated heterocycles. The summed E-state index contributed by atoms with van der Waals surface area (Å²) in [5.41, 5.74) is 0.320. The summed E-state index contributed by atoms with van der Waals surface area (Å²) in [5, 5.41) is 2.48. The molecule has 1 amide bonds. The lowest BCUT2D eigenvalue weighted by molar-refractivity contribution is -0.138. The molecule has 0 aromatic carbocycles. The molecule has 0 aliphatic rings. The molecule has 1 N–H and O–H groups in total. The fraction of sp³-hybridized carbons (Fsp3) is 0.667. The Morgan fingerprint density at radius 3 is 2.27 bits per heavy atom. The number of hydrogen-bond donors (Lipinski definition) is 1. The molecule has 0 fully saturated rings. The predicted octanol–water partition coefficient (Wildman–Crippen LogP) is 1.96. The SMILES string of the molecule is C=C(C)C(=O)OCCNC(=O)OCCCCCCCOC=O. The number of esters is 1. The van der Waals surface area contributed by atoms with E-state index < -0.39 is 12.1 Å². The van der Waals surface area contributed by atoms with E-state index in [9.17, 15) is 14.4 Å². The third-order valence-corrected chi connectivity index (χ3v) is 2.66. The number of carbonyl (C=O) groups is 3. The summed E-state index contributed by atoms with van der Waals surface area (Å²) in [5.74, 6) is -0.478. The summed E-state index contributed by atoms with van der Waals surface area (Å²) < 4.78 is 14.3. The Morgan fingerprint density at radius 2 is 1.64 bits per heavy atom. The van der Waals surface area contributed by atoms with Gasteiger partial charge in [0.2, 0.25) is 0 Å². The van der Waals surface area contributed by atoms with E-state index in [-0.39, 0.29) is 13.2 Å². The fourth-order valence-corrected chi connectivity index (χ4v) is 1.50. The number of hydrogen-bond acceptors (Lipinski definition) is 6. The first-order valence-electron chi connectivity index (χ1n) is 7.36. The summed E-state index contributed by atoms with van der Waals surface area (Å²) in [6.07, 6.45) is 4.05. The van der Waals surface area contributed by atoms with E-state index in [1.807, 2.05) is 0 Å². The highest BCUT2D eigenvalue weighted by Crippen LogP contribution is 2.03. The van der Waals surface area contributed by atoms with Crippen LogP contribution in [-0.4, -0.2) is 44.9 Å². The van der Waals surface area contributed by atoms with Crippen LogP contribution in [0.4, 0.5) is 4.79 Å². The van der Waals surface area contributed by atoms with E-state index in [0.717, 1.165) is 32.1 Å². The van der Waals surface area contributed by atoms with E-state index in [1.165, 1.54) is 0 Å². The smallest absolute Gasteiger partial charge is 0.407 e. The van der Waals surface area contributed by atoms with Crippen molar-refractivity contribution in [3.8, 4) is 0 Å². The highest BCUT2D eigenvalue weighted by Gasteiger charge is 2.04. The standard InChI is InChI=1S/C15H25NO6/c1-13(2)14(18)21-11-8-16-15(19)22-10-7-5-3-4-6-9-20-12-17/h12H,1,3-11H2,2H3,(H,16,19). The van der Waals surface area contributed by atoms with Crippen molar-refractivity contribution in [1.29, 1.82) is 0 Å². The molecule has 0 bridgehead atoms. The van der Waals surface area contributed by atoms with Crippen LogP contribution in [0.15, 0.2) is 12.2 Å². The summed E-state index contributed by atoms with van der Waals surface area (Å²) in [6, 6.07) is 0. The molecule has 0 rings (SSSR count). The van der Waals surface area contributed by atoms with Crippen LogP contribution in [0.1, 0.15) is 39.0 Å². The van der Waals surface area contributed by atoms with E-state index in [4.69, 9.17) is 9.47 Å². The van der Waals surface area contributed by atoms with Crippen LogP contribution in [0.25, 0.3) is 0 Å². The third kappa shape index (κ3) is 13.0. The molecule has 0 spiro atoms. The van der Waals surface area contributed by atoms with Crippen LogP contribution in [-0.2, 0) is 23.8 Å². The van der Waals surface area contributed by atoms with Crippen LogP contribution < -0.4 is 5.32 Å². The zero-order valence-electron chi connectivity index (χ0n) is 13.1. The molecule has 0 radical (unpaired) electrons. The number of nitrogens with one attached hydrogen (secondary N) is 1. The molecule has 0 aliphatic carbocycles. The number of alkyl carbamates (subject to hydrolysis) is 1. The first-order valence-corrected chi connectivity index (χ1v) is 7.36. The van der Waals surface area contributed by atoms with Gasteiger partial charge in [-0.15, -0.1) is 0 Å². The number of amides is 1. The van der Waals surface area contributed by atoms with Crippen LogP contribution in [0.2, 0.25) is 0 Å². The van der Waals surface area contributed by atoms with Crippen LogP contribution >= 0.6 is 0 Å². The van der Waals surface area contributed by atoms with Gasteiger partial charge in [-0.25, -0.2) is 9.59 Å². The summed E-state index contributed by atoms with van der Waals surface area (Å²) in [6.45, 7) is 6.55. The first-order chi connectivity index (χ1) is 10.6. The normalized spacial score (nSPS) is 9.68. The average Bonchev–Trinajstić information content (AvgIpc) is 2.49. The lowest BCUT2D eigenvalue weighted by Gasteiger charge is -2.07. The van der Waals surface area contributed by atoms with Crippen molar-refractivity contribution in [2.45, 2.75) is 39.0 Å². The minimum atomic E-state index is -0.522. The molecular weight excluding hydrogens is 290 g/mol. The number of unbranched alkanes of at least 4 members (excludes halogenated alkanes) is 4. The second-order valence-electron chi connectivity index (χ2n) is 4.71. The van der Waals surface area contributed by atoms with Crippen molar-refractivity contribution in [1.82, 2.24) is 5.32 Å². The van der Waals surface area contributed by atoms with Gasteiger partial charge in [0, 0.05) is 5.57 Å². The minimum absolute atomic E-state index is 0.0870. The number of ether oxygens (including phenoxy) is 3. The molecule has 7 nitrogen and oxygen atoms in total. The average molecular weight is 315 g/mol. The van der Waals surface area contributed by atoms with E-state index >= 15 is 0 Å². The van der Waals surface area contributed by atoms with Gasteiger partial charge in [0.15, 0.2) is 0 Å². The lowest BCUT2D eigenvalue weighted by atomic mass is 10.1. The van der Waals surface area contributed by atoms with Gasteiger partial charge in [-0.2, -0.15) is 0 Å². The predicted molar refractivity (Wildman–Crippen MR) is 80.2 cm³/mol. The molecular formula is C15H25NO6. The highest BCUT2D eigenvalue weighted by molar-refractivity contribution is 5.86. The van der Waals surface area contributed by atoms with Gasteiger partial charge < -0.3 is 19.5 Å². The Labute approximate surface area is 131 Å². The lowest BCUT2D eigenvalue weighted by Crippen LogP contribution is -2.29. The fourth-order valence-electron chi connectivity index (χ4n) is 1.50. The van der Waals surface area contributed by atoms with E-state index in [1.54, 1.807) is 6.92 Å². The Kier molecular flexibility index (Phi) is 12.6. The molecule has 22 heavy (non-hydrogen) atoms. The molecule has 0 aliphatic heterocycles. The Bertz CT molecular complexity index is 356. The topological polar surface area (TPSA) is 90.9 Å². The summed E-state index contributed by atoms with van der Waals surface area (Å²) in [4.78, 5) is 32.2. The number of carbonyl (C=O) groups excluding carboxylic acids is 3. The van der Waals surface area contributed by atoms with Gasteiger partial charge in [0.25, 0.3) is 6.47 Å². The monoisotopic (exact) mass is 315 g/mol. The van der Waals surface area contributed by atoms with Gasteiger partial charge in [0.05, 0.1) is 19.8 Å². The molecule has 0 aromatic heterocycles. The van der Waals surface area contributed by atoms with Crippen molar-refractivity contribution in [3.63, 3.8) is 0 Å².